The van der Waals surface area contributed by atoms with Crippen LogP contribution in [0.1, 0.15) is 73.5 Å². The van der Waals surface area contributed by atoms with E-state index in [0.29, 0.717) is 5.56 Å². The van der Waals surface area contributed by atoms with E-state index in [0.717, 1.165) is 29.8 Å². The maximum Gasteiger partial charge on any atom is 0.336 e. The molecule has 0 radical (unpaired) electrons. The van der Waals surface area contributed by atoms with Crippen molar-refractivity contribution >= 4 is 35.4 Å². The Bertz CT molecular complexity index is 2320. The van der Waals surface area contributed by atoms with Crippen molar-refractivity contribution in [3.8, 4) is 34.1 Å². The summed E-state index contributed by atoms with van der Waals surface area (Å²) in [7, 11) is 0. The van der Waals surface area contributed by atoms with Crippen LogP contribution in [-0.2, 0) is 0 Å². The number of carboxylic acid groups (broad SMARTS) is 4. The molecule has 6 rings (SSSR count). The van der Waals surface area contributed by atoms with E-state index in [9.17, 15) is 49.2 Å². The Morgan fingerprint density at radius 1 is 0.389 bits per heavy atom. The third-order valence-electron chi connectivity index (χ3n) is 8.01. The summed E-state index contributed by atoms with van der Waals surface area (Å²) in [6, 6.07) is 31.0. The fourth-order valence-corrected chi connectivity index (χ4v) is 5.38. The molecule has 0 bridgehead atoms. The van der Waals surface area contributed by atoms with Gasteiger partial charge in [0.15, 0.2) is 0 Å². The molecule has 0 atom stereocenters. The van der Waals surface area contributed by atoms with E-state index in [4.69, 9.17) is 9.47 Å². The average molecular weight is 724 g/mol. The normalized spacial score (nSPS) is 10.6. The molecule has 0 spiro atoms. The van der Waals surface area contributed by atoms with Gasteiger partial charge in [0.2, 0.25) is 11.6 Å². The summed E-state index contributed by atoms with van der Waals surface area (Å²) in [5.41, 5.74) is -0.0715. The van der Waals surface area contributed by atoms with Crippen LogP contribution in [0.4, 0.5) is 0 Å². The number of nitrogens with zero attached hydrogens (tertiary/aromatic N) is 1. The second kappa shape index (κ2) is 15.1. The van der Waals surface area contributed by atoms with Gasteiger partial charge in [0.1, 0.15) is 34.4 Å². The number of aromatic carboxylic acids is 4. The maximum absolute atomic E-state index is 13.8. The van der Waals surface area contributed by atoms with E-state index < -0.39 is 57.7 Å². The molecule has 0 aliphatic carbocycles. The van der Waals surface area contributed by atoms with Gasteiger partial charge in [-0.05, 0) is 108 Å². The van der Waals surface area contributed by atoms with Crippen molar-refractivity contribution in [2.24, 2.45) is 0 Å². The number of carboxylic acids is 4. The second-order valence-electron chi connectivity index (χ2n) is 11.5. The van der Waals surface area contributed by atoms with Crippen LogP contribution in [0.3, 0.4) is 0 Å². The summed E-state index contributed by atoms with van der Waals surface area (Å²) >= 11 is 0. The van der Waals surface area contributed by atoms with Gasteiger partial charge in [0.25, 0.3) is 0 Å². The number of ether oxygens (including phenoxy) is 2. The lowest BCUT2D eigenvalue weighted by atomic mass is 9.99. The highest BCUT2D eigenvalue weighted by atomic mass is 16.5. The minimum absolute atomic E-state index is 0.0253. The molecule has 266 valence electrons. The molecule has 13 heteroatoms. The van der Waals surface area contributed by atoms with Crippen LogP contribution in [0, 0.1) is 0 Å². The van der Waals surface area contributed by atoms with Gasteiger partial charge in [-0.25, -0.2) is 24.2 Å². The van der Waals surface area contributed by atoms with Crippen molar-refractivity contribution in [1.29, 1.82) is 0 Å². The standard InChI is InChI=1S/C41H25NO12/c43-36(23-6-10-26(11-7-23)53-28-14-16-30(38(45)46)32(20-28)40(49)50)34-18-25(22-4-2-1-3-5-22)19-35(42-34)37(44)24-8-12-27(13-9-24)54-29-15-17-31(39(47)48)33(21-29)41(51)52/h1-21H,(H,45,46)(H,47,48)(H,49,50)(H,51,52). The van der Waals surface area contributed by atoms with Crippen molar-refractivity contribution in [3.63, 3.8) is 0 Å². The van der Waals surface area contributed by atoms with E-state index in [-0.39, 0.29) is 45.5 Å². The van der Waals surface area contributed by atoms with Gasteiger partial charge in [0.05, 0.1) is 22.3 Å². The molecule has 6 aromatic rings. The third kappa shape index (κ3) is 7.85. The fourth-order valence-electron chi connectivity index (χ4n) is 5.38. The molecular weight excluding hydrogens is 698 g/mol. The summed E-state index contributed by atoms with van der Waals surface area (Å²) < 4.78 is 11.4. The predicted octanol–water partition coefficient (Wildman–Crippen LogP) is 7.59. The third-order valence-corrected chi connectivity index (χ3v) is 8.01. The highest BCUT2D eigenvalue weighted by molar-refractivity contribution is 6.12. The Labute approximate surface area is 304 Å². The van der Waals surface area contributed by atoms with Crippen molar-refractivity contribution in [2.45, 2.75) is 0 Å². The Kier molecular flexibility index (Phi) is 10.1. The first-order chi connectivity index (χ1) is 25.9. The lowest BCUT2D eigenvalue weighted by molar-refractivity contribution is 0.0651. The molecule has 0 saturated carbocycles. The summed E-state index contributed by atoms with van der Waals surface area (Å²) in [5, 5.41) is 37.3. The number of carbonyl (C=O) groups is 6. The van der Waals surface area contributed by atoms with Crippen LogP contribution in [0.5, 0.6) is 23.0 Å². The number of hydrogen-bond acceptors (Lipinski definition) is 9. The quantitative estimate of drug-likeness (QED) is 0.0846. The molecule has 0 aliphatic heterocycles. The topological polar surface area (TPSA) is 215 Å². The summed E-state index contributed by atoms with van der Waals surface area (Å²) in [5.74, 6) is -6.09. The van der Waals surface area contributed by atoms with Crippen molar-refractivity contribution in [2.75, 3.05) is 0 Å². The zero-order valence-corrected chi connectivity index (χ0v) is 27.6. The molecule has 0 fully saturated rings. The molecule has 4 N–H and O–H groups in total. The predicted molar refractivity (Wildman–Crippen MR) is 190 cm³/mol. The highest BCUT2D eigenvalue weighted by Gasteiger charge is 2.21. The van der Waals surface area contributed by atoms with Crippen molar-refractivity contribution in [3.05, 3.63) is 172 Å². The Hall–Kier alpha value is -7.93. The fraction of sp³-hybridized carbons (Fsp3) is 0. The van der Waals surface area contributed by atoms with Gasteiger partial charge in [-0.1, -0.05) is 30.3 Å². The van der Waals surface area contributed by atoms with Crippen LogP contribution >= 0.6 is 0 Å². The first-order valence-corrected chi connectivity index (χ1v) is 15.8. The smallest absolute Gasteiger partial charge is 0.336 e. The number of benzene rings is 5. The zero-order chi connectivity index (χ0) is 38.5. The number of pyridine rings is 1. The average Bonchev–Trinajstić information content (AvgIpc) is 3.17. The van der Waals surface area contributed by atoms with Gasteiger partial charge in [-0.3, -0.25) is 9.59 Å². The first-order valence-electron chi connectivity index (χ1n) is 15.8. The molecule has 1 aromatic heterocycles. The van der Waals surface area contributed by atoms with Crippen LogP contribution in [-0.4, -0.2) is 60.9 Å². The van der Waals surface area contributed by atoms with E-state index in [1.165, 1.54) is 60.7 Å². The molecule has 13 nitrogen and oxygen atoms in total. The maximum atomic E-state index is 13.8. The Morgan fingerprint density at radius 2 is 0.759 bits per heavy atom. The van der Waals surface area contributed by atoms with Crippen LogP contribution in [0.15, 0.2) is 127 Å². The largest absolute Gasteiger partial charge is 0.478 e. The van der Waals surface area contributed by atoms with E-state index in [1.54, 1.807) is 24.3 Å². The lowest BCUT2D eigenvalue weighted by Crippen LogP contribution is -2.11. The van der Waals surface area contributed by atoms with Gasteiger partial charge in [-0.2, -0.15) is 0 Å². The molecule has 0 unspecified atom stereocenters. The molecule has 54 heavy (non-hydrogen) atoms. The number of ketones is 2. The van der Waals surface area contributed by atoms with Gasteiger partial charge in [-0.15, -0.1) is 0 Å². The minimum atomic E-state index is -1.44. The Balaban J connectivity index is 1.25. The Morgan fingerprint density at radius 3 is 1.13 bits per heavy atom. The minimum Gasteiger partial charge on any atom is -0.478 e. The monoisotopic (exact) mass is 723 g/mol. The lowest BCUT2D eigenvalue weighted by Gasteiger charge is -2.11. The number of hydrogen-bond donors (Lipinski definition) is 4. The SMILES string of the molecule is O=C(c1ccc(Oc2ccc(C(=O)O)c(C(=O)O)c2)cc1)c1cc(-c2ccccc2)cc(C(=O)c2ccc(Oc3ccc(C(=O)O)c(C(=O)O)c3)cc2)n1. The van der Waals surface area contributed by atoms with E-state index in [1.807, 2.05) is 18.2 Å². The summed E-state index contributed by atoms with van der Waals surface area (Å²) in [6.45, 7) is 0. The van der Waals surface area contributed by atoms with E-state index >= 15 is 0 Å². The zero-order valence-electron chi connectivity index (χ0n) is 27.6. The molecule has 0 saturated heterocycles. The van der Waals surface area contributed by atoms with Gasteiger partial charge in [0, 0.05) is 11.1 Å². The summed E-state index contributed by atoms with van der Waals surface area (Å²) in [6.07, 6.45) is 0. The highest BCUT2D eigenvalue weighted by Crippen LogP contribution is 2.29. The molecule has 1 heterocycles. The molecule has 0 amide bonds. The van der Waals surface area contributed by atoms with Crippen molar-refractivity contribution < 1.29 is 58.7 Å². The molecular formula is C41H25NO12. The van der Waals surface area contributed by atoms with Gasteiger partial charge < -0.3 is 29.9 Å². The number of carbonyl (C=O) groups excluding carboxylic acids is 2. The van der Waals surface area contributed by atoms with Crippen molar-refractivity contribution in [1.82, 2.24) is 4.98 Å². The number of rotatable bonds is 13. The van der Waals surface area contributed by atoms with Crippen LogP contribution in [0.25, 0.3) is 11.1 Å². The number of aromatic nitrogens is 1. The van der Waals surface area contributed by atoms with Gasteiger partial charge >= 0.3 is 23.9 Å². The second-order valence-corrected chi connectivity index (χ2v) is 11.5. The van der Waals surface area contributed by atoms with E-state index in [2.05, 4.69) is 4.98 Å². The first kappa shape index (κ1) is 35.9. The van der Waals surface area contributed by atoms with Crippen LogP contribution < -0.4 is 9.47 Å². The summed E-state index contributed by atoms with van der Waals surface area (Å²) in [4.78, 5) is 77.8. The van der Waals surface area contributed by atoms with Crippen LogP contribution in [0.2, 0.25) is 0 Å². The molecule has 5 aromatic carbocycles. The molecule has 0 aliphatic rings.